The van der Waals surface area contributed by atoms with Gasteiger partial charge in [0.15, 0.2) is 17.5 Å². The fourth-order valence-electron chi connectivity index (χ4n) is 8.80. The quantitative estimate of drug-likeness (QED) is 0.187. The highest BCUT2D eigenvalue weighted by Gasteiger charge is 2.51. The molecule has 246 valence electrons. The van der Waals surface area contributed by atoms with Gasteiger partial charge >= 0.3 is 0 Å². The van der Waals surface area contributed by atoms with Crippen molar-refractivity contribution in [2.45, 2.75) is 5.41 Å². The first-order chi connectivity index (χ1) is 26.3. The third-order valence-electron chi connectivity index (χ3n) is 11.1. The molecule has 1 aromatic heterocycles. The first-order valence-corrected chi connectivity index (χ1v) is 18.1. The zero-order chi connectivity index (χ0) is 34.9. The minimum Gasteiger partial charge on any atom is -0.208 e. The standard InChI is InChI=1S/C50H31N3/c1-2-14-33(15-3-1)47-51-48(53-49(52-47)38-26-25-32-13-4-5-16-34(32)29-38)37-18-12-17-35(30-37)36-27-28-46-42(31-36)41-21-8-11-24-45(41)50(46)43-22-9-6-19-39(43)40-20-7-10-23-44(40)50/h1-31H. The summed E-state index contributed by atoms with van der Waals surface area (Å²) in [6, 6.07) is 67.4. The third kappa shape index (κ3) is 4.44. The molecule has 0 radical (unpaired) electrons. The smallest absolute Gasteiger partial charge is 0.164 e. The molecule has 0 saturated heterocycles. The van der Waals surface area contributed by atoms with Crippen molar-refractivity contribution in [3.8, 4) is 67.5 Å². The summed E-state index contributed by atoms with van der Waals surface area (Å²) >= 11 is 0. The van der Waals surface area contributed by atoms with Crippen LogP contribution in [-0.2, 0) is 5.41 Å². The van der Waals surface area contributed by atoms with Crippen molar-refractivity contribution in [3.05, 3.63) is 210 Å². The van der Waals surface area contributed by atoms with Gasteiger partial charge in [0.25, 0.3) is 0 Å². The molecule has 8 aromatic carbocycles. The molecule has 0 amide bonds. The van der Waals surface area contributed by atoms with Crippen LogP contribution in [0.15, 0.2) is 188 Å². The van der Waals surface area contributed by atoms with Gasteiger partial charge in [0.1, 0.15) is 0 Å². The van der Waals surface area contributed by atoms with E-state index >= 15 is 0 Å². The van der Waals surface area contributed by atoms with Gasteiger partial charge in [0, 0.05) is 16.7 Å². The molecule has 0 atom stereocenters. The monoisotopic (exact) mass is 673 g/mol. The lowest BCUT2D eigenvalue weighted by atomic mass is 9.70. The zero-order valence-electron chi connectivity index (χ0n) is 28.7. The Balaban J connectivity index is 1.06. The molecule has 3 heteroatoms. The predicted octanol–water partition coefficient (Wildman–Crippen LogP) is 12.0. The van der Waals surface area contributed by atoms with E-state index in [1.54, 1.807) is 0 Å². The van der Waals surface area contributed by atoms with Crippen LogP contribution in [0, 0.1) is 0 Å². The van der Waals surface area contributed by atoms with Crippen LogP contribution < -0.4 is 0 Å². The van der Waals surface area contributed by atoms with Gasteiger partial charge in [-0.3, -0.25) is 0 Å². The van der Waals surface area contributed by atoms with Gasteiger partial charge in [-0.25, -0.2) is 15.0 Å². The van der Waals surface area contributed by atoms with Gasteiger partial charge in [0.05, 0.1) is 5.41 Å². The third-order valence-corrected chi connectivity index (χ3v) is 11.1. The summed E-state index contributed by atoms with van der Waals surface area (Å²) in [5.74, 6) is 1.95. The lowest BCUT2D eigenvalue weighted by molar-refractivity contribution is 0.794. The molecular weight excluding hydrogens is 643 g/mol. The Bertz CT molecular complexity index is 2860. The topological polar surface area (TPSA) is 38.7 Å². The fraction of sp³-hybridized carbons (Fsp3) is 0.0200. The maximum atomic E-state index is 5.10. The number of hydrogen-bond donors (Lipinski definition) is 0. The molecule has 3 nitrogen and oxygen atoms in total. The first-order valence-electron chi connectivity index (χ1n) is 18.1. The molecule has 0 saturated carbocycles. The summed E-state index contributed by atoms with van der Waals surface area (Å²) in [7, 11) is 0. The average molecular weight is 674 g/mol. The van der Waals surface area contributed by atoms with Crippen LogP contribution in [0.4, 0.5) is 0 Å². The van der Waals surface area contributed by atoms with E-state index in [-0.39, 0.29) is 5.41 Å². The maximum Gasteiger partial charge on any atom is 0.164 e. The number of benzene rings is 8. The van der Waals surface area contributed by atoms with Crippen LogP contribution in [0.5, 0.6) is 0 Å². The number of fused-ring (bicyclic) bond motifs is 11. The molecule has 11 rings (SSSR count). The minimum atomic E-state index is -0.350. The summed E-state index contributed by atoms with van der Waals surface area (Å²) in [4.78, 5) is 15.1. The van der Waals surface area contributed by atoms with E-state index in [0.717, 1.165) is 33.2 Å². The van der Waals surface area contributed by atoms with Crippen molar-refractivity contribution >= 4 is 10.8 Å². The zero-order valence-corrected chi connectivity index (χ0v) is 28.7. The second-order valence-electron chi connectivity index (χ2n) is 14.0. The summed E-state index contributed by atoms with van der Waals surface area (Å²) in [6.45, 7) is 0. The fourth-order valence-corrected chi connectivity index (χ4v) is 8.80. The van der Waals surface area contributed by atoms with E-state index in [2.05, 4.69) is 170 Å². The van der Waals surface area contributed by atoms with Gasteiger partial charge in [-0.15, -0.1) is 0 Å². The molecule has 1 spiro atoms. The van der Waals surface area contributed by atoms with E-state index in [1.165, 1.54) is 49.9 Å². The summed E-state index contributed by atoms with van der Waals surface area (Å²) in [5, 5.41) is 2.34. The number of hydrogen-bond acceptors (Lipinski definition) is 3. The van der Waals surface area contributed by atoms with Crippen molar-refractivity contribution in [3.63, 3.8) is 0 Å². The highest BCUT2D eigenvalue weighted by atomic mass is 15.0. The van der Waals surface area contributed by atoms with Crippen molar-refractivity contribution < 1.29 is 0 Å². The van der Waals surface area contributed by atoms with Crippen LogP contribution >= 0.6 is 0 Å². The van der Waals surface area contributed by atoms with Crippen LogP contribution in [0.3, 0.4) is 0 Å². The lowest BCUT2D eigenvalue weighted by Crippen LogP contribution is -2.25. The predicted molar refractivity (Wildman–Crippen MR) is 215 cm³/mol. The van der Waals surface area contributed by atoms with Crippen LogP contribution in [0.2, 0.25) is 0 Å². The van der Waals surface area contributed by atoms with Gasteiger partial charge in [-0.2, -0.15) is 0 Å². The highest BCUT2D eigenvalue weighted by molar-refractivity contribution is 5.96. The normalized spacial score (nSPS) is 13.1. The summed E-state index contributed by atoms with van der Waals surface area (Å²) < 4.78 is 0. The largest absolute Gasteiger partial charge is 0.208 e. The molecule has 0 aliphatic heterocycles. The van der Waals surface area contributed by atoms with E-state index in [0.29, 0.717) is 17.5 Å². The van der Waals surface area contributed by atoms with E-state index in [1.807, 2.05) is 18.2 Å². The number of aromatic nitrogens is 3. The summed E-state index contributed by atoms with van der Waals surface area (Å²) in [6.07, 6.45) is 0. The molecule has 2 aliphatic carbocycles. The van der Waals surface area contributed by atoms with Crippen molar-refractivity contribution in [1.82, 2.24) is 15.0 Å². The Labute approximate surface area is 308 Å². The van der Waals surface area contributed by atoms with Gasteiger partial charge in [0.2, 0.25) is 0 Å². The molecule has 0 unspecified atom stereocenters. The van der Waals surface area contributed by atoms with Crippen LogP contribution in [0.1, 0.15) is 22.3 Å². The molecular formula is C50H31N3. The van der Waals surface area contributed by atoms with Crippen molar-refractivity contribution in [1.29, 1.82) is 0 Å². The minimum absolute atomic E-state index is 0.350. The highest BCUT2D eigenvalue weighted by Crippen LogP contribution is 2.62. The van der Waals surface area contributed by atoms with E-state index < -0.39 is 0 Å². The second kappa shape index (κ2) is 11.5. The Morgan fingerprint density at radius 3 is 1.40 bits per heavy atom. The Hall–Kier alpha value is -6.97. The number of nitrogens with zero attached hydrogens (tertiary/aromatic N) is 3. The van der Waals surface area contributed by atoms with Gasteiger partial charge < -0.3 is 0 Å². The molecule has 1 heterocycles. The average Bonchev–Trinajstić information content (AvgIpc) is 3.71. The molecule has 9 aromatic rings. The van der Waals surface area contributed by atoms with Crippen LogP contribution in [-0.4, -0.2) is 15.0 Å². The molecule has 0 bridgehead atoms. The molecule has 0 fully saturated rings. The van der Waals surface area contributed by atoms with E-state index in [4.69, 9.17) is 15.0 Å². The molecule has 53 heavy (non-hydrogen) atoms. The number of rotatable bonds is 4. The van der Waals surface area contributed by atoms with Crippen LogP contribution in [0.25, 0.3) is 78.3 Å². The summed E-state index contributed by atoms with van der Waals surface area (Å²) in [5.41, 5.74) is 15.4. The Morgan fingerprint density at radius 2 is 0.717 bits per heavy atom. The first kappa shape index (κ1) is 29.7. The molecule has 0 N–H and O–H groups in total. The molecule has 2 aliphatic rings. The van der Waals surface area contributed by atoms with Crippen molar-refractivity contribution in [2.24, 2.45) is 0 Å². The lowest BCUT2D eigenvalue weighted by Gasteiger charge is -2.30. The van der Waals surface area contributed by atoms with Crippen molar-refractivity contribution in [2.75, 3.05) is 0 Å². The van der Waals surface area contributed by atoms with E-state index in [9.17, 15) is 0 Å². The Kier molecular flexibility index (Phi) is 6.47. The van der Waals surface area contributed by atoms with Gasteiger partial charge in [-0.1, -0.05) is 170 Å². The maximum absolute atomic E-state index is 5.10. The Morgan fingerprint density at radius 1 is 0.264 bits per heavy atom. The van der Waals surface area contributed by atoms with Gasteiger partial charge in [-0.05, 0) is 84.6 Å². The SMILES string of the molecule is c1ccc(-c2nc(-c3cccc(-c4ccc5c(c4)-c4ccccc4C54c5ccccc5-c5ccccc54)c3)nc(-c3ccc4ccccc4c3)n2)cc1. The second-order valence-corrected chi connectivity index (χ2v) is 14.0.